The SMILES string of the molecule is O=C(c1csc(-c2ccco2)n1)N1CCC[C@H](O)C1. The van der Waals surface area contributed by atoms with E-state index < -0.39 is 6.10 Å². The summed E-state index contributed by atoms with van der Waals surface area (Å²) in [6, 6.07) is 3.61. The predicted molar refractivity (Wildman–Crippen MR) is 71.0 cm³/mol. The van der Waals surface area contributed by atoms with Crippen molar-refractivity contribution < 1.29 is 14.3 Å². The maximum Gasteiger partial charge on any atom is 0.273 e. The van der Waals surface area contributed by atoms with Crippen LogP contribution in [0.2, 0.25) is 0 Å². The monoisotopic (exact) mass is 278 g/mol. The van der Waals surface area contributed by atoms with Crippen molar-refractivity contribution in [3.63, 3.8) is 0 Å². The minimum Gasteiger partial charge on any atom is -0.462 e. The van der Waals surface area contributed by atoms with E-state index in [-0.39, 0.29) is 5.91 Å². The van der Waals surface area contributed by atoms with E-state index in [4.69, 9.17) is 4.42 Å². The van der Waals surface area contributed by atoms with Crippen LogP contribution in [0.15, 0.2) is 28.2 Å². The number of aromatic nitrogens is 1. The van der Waals surface area contributed by atoms with Crippen LogP contribution in [0.3, 0.4) is 0 Å². The number of piperidine rings is 1. The molecule has 3 rings (SSSR count). The van der Waals surface area contributed by atoms with Gasteiger partial charge in [-0.2, -0.15) is 0 Å². The lowest BCUT2D eigenvalue weighted by atomic mass is 10.1. The van der Waals surface area contributed by atoms with Gasteiger partial charge in [-0.05, 0) is 25.0 Å². The Labute approximate surface area is 114 Å². The van der Waals surface area contributed by atoms with Crippen molar-refractivity contribution in [3.05, 3.63) is 29.5 Å². The average molecular weight is 278 g/mol. The molecule has 1 aliphatic heterocycles. The second kappa shape index (κ2) is 5.14. The molecule has 1 saturated heterocycles. The van der Waals surface area contributed by atoms with Crippen LogP contribution in [0.5, 0.6) is 0 Å². The number of nitrogens with zero attached hydrogens (tertiary/aromatic N) is 2. The molecular weight excluding hydrogens is 264 g/mol. The number of carbonyl (C=O) groups excluding carboxylic acids is 1. The number of likely N-dealkylation sites (tertiary alicyclic amines) is 1. The van der Waals surface area contributed by atoms with Gasteiger partial charge in [-0.25, -0.2) is 4.98 Å². The Hall–Kier alpha value is -1.66. The standard InChI is InChI=1S/C13H14N2O3S/c16-9-3-1-5-15(7-9)13(17)10-8-19-12(14-10)11-4-2-6-18-11/h2,4,6,8-9,16H,1,3,5,7H2/t9-/m0/s1. The summed E-state index contributed by atoms with van der Waals surface area (Å²) in [5, 5.41) is 12.0. The molecule has 19 heavy (non-hydrogen) atoms. The maximum absolute atomic E-state index is 12.3. The van der Waals surface area contributed by atoms with Gasteiger partial charge in [-0.15, -0.1) is 11.3 Å². The summed E-state index contributed by atoms with van der Waals surface area (Å²) < 4.78 is 5.26. The van der Waals surface area contributed by atoms with E-state index in [1.54, 1.807) is 22.6 Å². The lowest BCUT2D eigenvalue weighted by Gasteiger charge is -2.29. The number of β-amino-alcohol motifs (C(OH)–C–C–N with tert-alkyl or cyclic N) is 1. The van der Waals surface area contributed by atoms with Gasteiger partial charge in [0.25, 0.3) is 5.91 Å². The van der Waals surface area contributed by atoms with Crippen molar-refractivity contribution in [1.29, 1.82) is 0 Å². The molecule has 0 radical (unpaired) electrons. The topological polar surface area (TPSA) is 66.6 Å². The second-order valence-corrected chi connectivity index (χ2v) is 5.42. The van der Waals surface area contributed by atoms with E-state index in [1.807, 2.05) is 6.07 Å². The first-order chi connectivity index (χ1) is 9.24. The zero-order valence-electron chi connectivity index (χ0n) is 10.3. The minimum atomic E-state index is -0.416. The van der Waals surface area contributed by atoms with Gasteiger partial charge < -0.3 is 14.4 Å². The van der Waals surface area contributed by atoms with E-state index >= 15 is 0 Å². The number of amides is 1. The zero-order valence-corrected chi connectivity index (χ0v) is 11.1. The molecule has 2 aromatic heterocycles. The van der Waals surface area contributed by atoms with E-state index in [0.717, 1.165) is 12.8 Å². The number of aliphatic hydroxyl groups excluding tert-OH is 1. The van der Waals surface area contributed by atoms with Crippen LogP contribution in [0.4, 0.5) is 0 Å². The van der Waals surface area contributed by atoms with Crippen LogP contribution in [0, 0.1) is 0 Å². The fraction of sp³-hybridized carbons (Fsp3) is 0.385. The van der Waals surface area contributed by atoms with Crippen LogP contribution in [-0.4, -0.2) is 40.1 Å². The Kier molecular flexibility index (Phi) is 3.35. The van der Waals surface area contributed by atoms with Crippen molar-refractivity contribution in [2.45, 2.75) is 18.9 Å². The maximum atomic E-state index is 12.3. The van der Waals surface area contributed by atoms with Gasteiger partial charge in [-0.3, -0.25) is 4.79 Å². The van der Waals surface area contributed by atoms with Crippen LogP contribution >= 0.6 is 11.3 Å². The molecule has 0 spiro atoms. The molecule has 2 aromatic rings. The van der Waals surface area contributed by atoms with Gasteiger partial charge in [0.05, 0.1) is 12.4 Å². The van der Waals surface area contributed by atoms with E-state index in [2.05, 4.69) is 4.98 Å². The predicted octanol–water partition coefficient (Wildman–Crippen LogP) is 2.00. The van der Waals surface area contributed by atoms with Gasteiger partial charge in [0.1, 0.15) is 5.69 Å². The van der Waals surface area contributed by atoms with Gasteiger partial charge in [0.15, 0.2) is 10.8 Å². The zero-order chi connectivity index (χ0) is 13.2. The molecule has 0 bridgehead atoms. The number of rotatable bonds is 2. The van der Waals surface area contributed by atoms with Crippen molar-refractivity contribution in [2.24, 2.45) is 0 Å². The van der Waals surface area contributed by atoms with Crippen molar-refractivity contribution in [2.75, 3.05) is 13.1 Å². The number of aliphatic hydroxyl groups is 1. The molecule has 0 aromatic carbocycles. The van der Waals surface area contributed by atoms with Crippen LogP contribution in [0.1, 0.15) is 23.3 Å². The number of furan rings is 1. The summed E-state index contributed by atoms with van der Waals surface area (Å²) in [7, 11) is 0. The number of hydrogen-bond donors (Lipinski definition) is 1. The van der Waals surface area contributed by atoms with E-state index in [0.29, 0.717) is 29.6 Å². The molecule has 100 valence electrons. The molecule has 0 aliphatic carbocycles. The second-order valence-electron chi connectivity index (χ2n) is 4.56. The highest BCUT2D eigenvalue weighted by atomic mass is 32.1. The first-order valence-electron chi connectivity index (χ1n) is 6.21. The summed E-state index contributed by atoms with van der Waals surface area (Å²) in [6.07, 6.45) is 2.76. The molecule has 3 heterocycles. The summed E-state index contributed by atoms with van der Waals surface area (Å²) >= 11 is 1.39. The third-order valence-electron chi connectivity index (χ3n) is 3.14. The molecular formula is C13H14N2O3S. The Balaban J connectivity index is 1.77. The molecule has 1 atom stereocenters. The highest BCUT2D eigenvalue weighted by Gasteiger charge is 2.25. The third kappa shape index (κ3) is 2.54. The molecule has 1 fully saturated rings. The molecule has 6 heteroatoms. The van der Waals surface area contributed by atoms with Crippen LogP contribution < -0.4 is 0 Å². The van der Waals surface area contributed by atoms with Crippen LogP contribution in [-0.2, 0) is 0 Å². The molecule has 1 N–H and O–H groups in total. The largest absolute Gasteiger partial charge is 0.462 e. The summed E-state index contributed by atoms with van der Waals surface area (Å²) in [5.74, 6) is 0.551. The fourth-order valence-corrected chi connectivity index (χ4v) is 2.95. The average Bonchev–Trinajstić information content (AvgIpc) is 3.08. The first-order valence-corrected chi connectivity index (χ1v) is 7.09. The molecule has 1 aliphatic rings. The lowest BCUT2D eigenvalue weighted by molar-refractivity contribution is 0.0469. The Morgan fingerprint density at radius 2 is 2.47 bits per heavy atom. The number of carbonyl (C=O) groups is 1. The highest BCUT2D eigenvalue weighted by Crippen LogP contribution is 2.25. The molecule has 5 nitrogen and oxygen atoms in total. The fourth-order valence-electron chi connectivity index (χ4n) is 2.19. The van der Waals surface area contributed by atoms with Gasteiger partial charge in [-0.1, -0.05) is 0 Å². The summed E-state index contributed by atoms with van der Waals surface area (Å²) in [6.45, 7) is 1.08. The first kappa shape index (κ1) is 12.4. The van der Waals surface area contributed by atoms with Gasteiger partial charge >= 0.3 is 0 Å². The van der Waals surface area contributed by atoms with E-state index in [9.17, 15) is 9.90 Å². The van der Waals surface area contributed by atoms with Gasteiger partial charge in [0.2, 0.25) is 0 Å². The minimum absolute atomic E-state index is 0.118. The quantitative estimate of drug-likeness (QED) is 0.912. The lowest BCUT2D eigenvalue weighted by Crippen LogP contribution is -2.42. The number of hydrogen-bond acceptors (Lipinski definition) is 5. The van der Waals surface area contributed by atoms with Crippen molar-refractivity contribution in [3.8, 4) is 10.8 Å². The summed E-state index contributed by atoms with van der Waals surface area (Å²) in [5.41, 5.74) is 0.422. The molecule has 1 amide bonds. The number of thiazole rings is 1. The Bertz CT molecular complexity index is 564. The highest BCUT2D eigenvalue weighted by molar-refractivity contribution is 7.13. The van der Waals surface area contributed by atoms with Crippen molar-refractivity contribution in [1.82, 2.24) is 9.88 Å². The molecule has 0 unspecified atom stereocenters. The normalized spacial score (nSPS) is 19.6. The Morgan fingerprint density at radius 1 is 1.58 bits per heavy atom. The Morgan fingerprint density at radius 3 is 3.21 bits per heavy atom. The van der Waals surface area contributed by atoms with Crippen molar-refractivity contribution >= 4 is 17.2 Å². The molecule has 0 saturated carbocycles. The van der Waals surface area contributed by atoms with Gasteiger partial charge in [0, 0.05) is 18.5 Å². The van der Waals surface area contributed by atoms with E-state index in [1.165, 1.54) is 11.3 Å². The summed E-state index contributed by atoms with van der Waals surface area (Å²) in [4.78, 5) is 18.2. The smallest absolute Gasteiger partial charge is 0.273 e. The van der Waals surface area contributed by atoms with Crippen LogP contribution in [0.25, 0.3) is 10.8 Å². The third-order valence-corrected chi connectivity index (χ3v) is 4.00.